The minimum atomic E-state index is 0.326. The molecule has 7 rings (SSSR count). The van der Waals surface area contributed by atoms with Gasteiger partial charge in [-0.2, -0.15) is 5.10 Å². The molecule has 2 aliphatic heterocycles. The zero-order chi connectivity index (χ0) is 25.6. The Bertz CT molecular complexity index is 1410. The number of fused-ring (bicyclic) bond motifs is 2. The molecule has 2 aromatic carbocycles. The molecule has 2 saturated heterocycles. The fourth-order valence-corrected chi connectivity index (χ4v) is 7.10. The van der Waals surface area contributed by atoms with E-state index in [0.29, 0.717) is 29.7 Å². The van der Waals surface area contributed by atoms with E-state index < -0.39 is 0 Å². The van der Waals surface area contributed by atoms with Crippen molar-refractivity contribution in [2.24, 2.45) is 17.8 Å². The first-order valence-electron chi connectivity index (χ1n) is 13.9. The summed E-state index contributed by atoms with van der Waals surface area (Å²) in [7, 11) is 2.24. The van der Waals surface area contributed by atoms with Gasteiger partial charge in [0.15, 0.2) is 5.65 Å². The van der Waals surface area contributed by atoms with Crippen molar-refractivity contribution >= 4 is 16.9 Å². The molecule has 3 aliphatic rings. The molecule has 2 aromatic heterocycles. The van der Waals surface area contributed by atoms with Crippen LogP contribution < -0.4 is 15.8 Å². The topological polar surface area (TPSA) is 94.1 Å². The molecule has 8 nitrogen and oxygen atoms in total. The molecule has 0 radical (unpaired) electrons. The van der Waals surface area contributed by atoms with Gasteiger partial charge in [0.1, 0.15) is 29.3 Å². The molecule has 1 saturated carbocycles. The number of hydrogen-bond donors (Lipinski definition) is 2. The Balaban J connectivity index is 1.16. The maximum Gasteiger partial charge on any atom is 0.164 e. The number of benzene rings is 2. The Morgan fingerprint density at radius 3 is 2.47 bits per heavy atom. The lowest BCUT2D eigenvalue weighted by atomic mass is 9.81. The van der Waals surface area contributed by atoms with Crippen molar-refractivity contribution in [3.8, 4) is 22.8 Å². The Morgan fingerprint density at radius 1 is 0.921 bits per heavy atom. The Morgan fingerprint density at radius 2 is 1.68 bits per heavy atom. The zero-order valence-corrected chi connectivity index (χ0v) is 21.8. The Hall–Kier alpha value is -3.49. The zero-order valence-electron chi connectivity index (χ0n) is 21.8. The predicted octanol–water partition coefficient (Wildman–Crippen LogP) is 4.75. The first-order chi connectivity index (χ1) is 18.6. The highest BCUT2D eigenvalue weighted by atomic mass is 16.5. The first-order valence-corrected chi connectivity index (χ1v) is 13.9. The molecule has 3 fully saturated rings. The van der Waals surface area contributed by atoms with E-state index in [1.54, 1.807) is 6.33 Å². The second kappa shape index (κ2) is 9.67. The van der Waals surface area contributed by atoms with E-state index in [2.05, 4.69) is 31.9 Å². The molecule has 4 heterocycles. The summed E-state index contributed by atoms with van der Waals surface area (Å²) >= 11 is 0. The number of rotatable bonds is 5. The minimum absolute atomic E-state index is 0.326. The molecule has 4 atom stereocenters. The molecular formula is C30H35N7O. The fraction of sp³-hybridized carbons (Fsp3) is 0.433. The van der Waals surface area contributed by atoms with Gasteiger partial charge in [0.25, 0.3) is 0 Å². The van der Waals surface area contributed by atoms with Crippen LogP contribution in [0.5, 0.6) is 11.5 Å². The number of nitrogen functional groups attached to an aromatic ring is 1. The first kappa shape index (κ1) is 23.6. The number of nitrogens with two attached hydrogens (primary N) is 1. The lowest BCUT2D eigenvalue weighted by molar-refractivity contribution is 0.169. The third kappa shape index (κ3) is 4.22. The number of aromatic nitrogens is 4. The van der Waals surface area contributed by atoms with E-state index in [9.17, 15) is 0 Å². The van der Waals surface area contributed by atoms with Gasteiger partial charge >= 0.3 is 0 Å². The number of nitrogens with zero attached hydrogens (tertiary/aromatic N) is 5. The highest BCUT2D eigenvalue weighted by molar-refractivity contribution is 5.98. The van der Waals surface area contributed by atoms with Gasteiger partial charge in [-0.05, 0) is 107 Å². The molecule has 0 bridgehead atoms. The largest absolute Gasteiger partial charge is 0.457 e. The molecule has 196 valence electrons. The molecule has 8 heteroatoms. The van der Waals surface area contributed by atoms with Gasteiger partial charge in [-0.1, -0.05) is 18.2 Å². The van der Waals surface area contributed by atoms with Gasteiger partial charge < -0.3 is 20.7 Å². The highest BCUT2D eigenvalue weighted by Crippen LogP contribution is 2.48. The van der Waals surface area contributed by atoms with E-state index in [0.717, 1.165) is 59.1 Å². The average molecular weight is 510 g/mol. The highest BCUT2D eigenvalue weighted by Gasteiger charge is 2.47. The predicted molar refractivity (Wildman–Crippen MR) is 149 cm³/mol. The number of piperidine rings is 1. The second-order valence-corrected chi connectivity index (χ2v) is 11.3. The van der Waals surface area contributed by atoms with E-state index in [1.807, 2.05) is 54.6 Å². The Labute approximate surface area is 223 Å². The van der Waals surface area contributed by atoms with Gasteiger partial charge in [-0.15, -0.1) is 0 Å². The van der Waals surface area contributed by atoms with Crippen molar-refractivity contribution in [2.75, 3.05) is 32.4 Å². The number of nitrogens with one attached hydrogen (secondary N) is 1. The van der Waals surface area contributed by atoms with E-state index >= 15 is 0 Å². The van der Waals surface area contributed by atoms with Crippen LogP contribution in [0.1, 0.15) is 31.7 Å². The molecular weight excluding hydrogens is 474 g/mol. The average Bonchev–Trinajstić information content (AvgIpc) is 3.64. The van der Waals surface area contributed by atoms with Crippen LogP contribution in [0.3, 0.4) is 0 Å². The van der Waals surface area contributed by atoms with Gasteiger partial charge in [0, 0.05) is 11.6 Å². The van der Waals surface area contributed by atoms with Crippen molar-refractivity contribution in [1.29, 1.82) is 0 Å². The maximum absolute atomic E-state index is 6.42. The molecule has 0 spiro atoms. The van der Waals surface area contributed by atoms with Crippen LogP contribution in [-0.4, -0.2) is 57.4 Å². The minimum Gasteiger partial charge on any atom is -0.457 e. The van der Waals surface area contributed by atoms with Crippen LogP contribution >= 0.6 is 0 Å². The van der Waals surface area contributed by atoms with Crippen LogP contribution in [0.4, 0.5) is 5.82 Å². The number of likely N-dealkylation sites (tertiary alicyclic amines) is 1. The van der Waals surface area contributed by atoms with Crippen molar-refractivity contribution < 1.29 is 4.74 Å². The van der Waals surface area contributed by atoms with Gasteiger partial charge in [-0.3, -0.25) is 0 Å². The monoisotopic (exact) mass is 509 g/mol. The van der Waals surface area contributed by atoms with Crippen molar-refractivity contribution in [3.63, 3.8) is 0 Å². The van der Waals surface area contributed by atoms with E-state index in [1.165, 1.54) is 25.9 Å². The quantitative estimate of drug-likeness (QED) is 0.401. The number of para-hydroxylation sites is 1. The summed E-state index contributed by atoms with van der Waals surface area (Å²) in [5.74, 6) is 4.24. The van der Waals surface area contributed by atoms with Gasteiger partial charge in [0.05, 0.1) is 11.4 Å². The normalized spacial score (nSPS) is 26.1. The third-order valence-corrected chi connectivity index (χ3v) is 9.04. The van der Waals surface area contributed by atoms with Crippen LogP contribution in [0.15, 0.2) is 60.9 Å². The second-order valence-electron chi connectivity index (χ2n) is 11.3. The van der Waals surface area contributed by atoms with Crippen LogP contribution in [-0.2, 0) is 0 Å². The molecule has 1 aliphatic carbocycles. The van der Waals surface area contributed by atoms with Gasteiger partial charge in [0.2, 0.25) is 0 Å². The molecule has 38 heavy (non-hydrogen) atoms. The molecule has 0 amide bonds. The number of hydrogen-bond acceptors (Lipinski definition) is 7. The summed E-state index contributed by atoms with van der Waals surface area (Å²) in [6.07, 6.45) is 6.42. The SMILES string of the molecule is CN1CCC([C@@H]2NC[C@H]3C[C@H](n4nc(-c5ccc(Oc6ccccc6)cc5)c5c(N)ncnc54)C[C@@H]32)CC1. The maximum atomic E-state index is 6.42. The fourth-order valence-electron chi connectivity index (χ4n) is 7.10. The van der Waals surface area contributed by atoms with Crippen molar-refractivity contribution in [2.45, 2.75) is 37.8 Å². The summed E-state index contributed by atoms with van der Waals surface area (Å²) in [5, 5.41) is 9.91. The van der Waals surface area contributed by atoms with Crippen molar-refractivity contribution in [3.05, 3.63) is 60.9 Å². The lowest BCUT2D eigenvalue weighted by Gasteiger charge is -2.35. The molecule has 0 unspecified atom stereocenters. The van der Waals surface area contributed by atoms with Gasteiger partial charge in [-0.25, -0.2) is 14.6 Å². The summed E-state index contributed by atoms with van der Waals surface area (Å²) < 4.78 is 8.15. The van der Waals surface area contributed by atoms with Crippen molar-refractivity contribution in [1.82, 2.24) is 30.0 Å². The number of anilines is 1. The molecule has 3 N–H and O–H groups in total. The van der Waals surface area contributed by atoms with Crippen LogP contribution in [0.25, 0.3) is 22.3 Å². The molecule has 4 aromatic rings. The summed E-state index contributed by atoms with van der Waals surface area (Å²) in [5.41, 5.74) is 9.08. The smallest absolute Gasteiger partial charge is 0.164 e. The summed E-state index contributed by atoms with van der Waals surface area (Å²) in [4.78, 5) is 11.5. The van der Waals surface area contributed by atoms with Crippen LogP contribution in [0.2, 0.25) is 0 Å². The standard InChI is InChI=1S/C30H35N7O/c1-36-13-11-20(12-14-36)27-25-16-22(15-21(25)17-32-27)37-30-26(29(31)33-18-34-30)28(35-37)19-7-9-24(10-8-19)38-23-5-3-2-4-6-23/h2-10,18,20-22,25,27,32H,11-17H2,1H3,(H2,31,33,34)/t21-,22+,25+,27+/m1/s1. The van der Waals surface area contributed by atoms with E-state index in [4.69, 9.17) is 15.6 Å². The lowest BCUT2D eigenvalue weighted by Crippen LogP contribution is -2.42. The van der Waals surface area contributed by atoms with Crippen LogP contribution in [0, 0.1) is 17.8 Å². The summed E-state index contributed by atoms with van der Waals surface area (Å²) in [6.45, 7) is 3.54. The number of ether oxygens (including phenoxy) is 1. The van der Waals surface area contributed by atoms with E-state index in [-0.39, 0.29) is 0 Å². The third-order valence-electron chi connectivity index (χ3n) is 9.04. The summed E-state index contributed by atoms with van der Waals surface area (Å²) in [6, 6.07) is 18.8. The Kier molecular flexibility index (Phi) is 6.01.